The average Bonchev–Trinajstić information content (AvgIpc) is 2.92. The standard InChI is InChI=1S/C26H19F3N4O6/c1-37-22-13-17(24(34)38-15-16-5-3-2-4-6-16)7-12-21(22)31-25-30-14-20(26(27,28)29)23(32-25)39-19-10-8-18(9-11-19)33(35)36/h2-14H,15H2,1H3,(H,30,31,32). The molecule has 0 bridgehead atoms. The highest BCUT2D eigenvalue weighted by Crippen LogP contribution is 2.38. The lowest BCUT2D eigenvalue weighted by Crippen LogP contribution is -2.11. The number of hydrogen-bond donors (Lipinski definition) is 1. The van der Waals surface area contributed by atoms with Gasteiger partial charge in [-0.1, -0.05) is 30.3 Å². The van der Waals surface area contributed by atoms with Crippen LogP contribution in [0.4, 0.5) is 30.5 Å². The second-order valence-electron chi connectivity index (χ2n) is 7.87. The molecule has 0 aliphatic heterocycles. The molecular formula is C26H19F3N4O6. The van der Waals surface area contributed by atoms with Crippen molar-refractivity contribution in [1.82, 2.24) is 9.97 Å². The molecule has 0 atom stereocenters. The molecule has 0 unspecified atom stereocenters. The largest absolute Gasteiger partial charge is 0.495 e. The number of carbonyl (C=O) groups is 1. The zero-order valence-corrected chi connectivity index (χ0v) is 20.1. The molecule has 4 rings (SSSR count). The van der Waals surface area contributed by atoms with Crippen LogP contribution in [0.2, 0.25) is 0 Å². The molecule has 3 aromatic carbocycles. The van der Waals surface area contributed by atoms with Gasteiger partial charge in [-0.25, -0.2) is 9.78 Å². The van der Waals surface area contributed by atoms with Gasteiger partial charge in [0.15, 0.2) is 0 Å². The Bertz CT molecular complexity index is 1480. The van der Waals surface area contributed by atoms with E-state index in [0.717, 1.165) is 29.8 Å². The Labute approximate surface area is 219 Å². The predicted octanol–water partition coefficient (Wildman–Crippen LogP) is 6.31. The number of anilines is 2. The predicted molar refractivity (Wildman–Crippen MR) is 132 cm³/mol. The highest BCUT2D eigenvalue weighted by Gasteiger charge is 2.36. The van der Waals surface area contributed by atoms with E-state index < -0.39 is 28.5 Å². The molecule has 0 radical (unpaired) electrons. The van der Waals surface area contributed by atoms with Crippen molar-refractivity contribution < 1.29 is 37.1 Å². The number of nitro benzene ring substituents is 1. The van der Waals surface area contributed by atoms with Gasteiger partial charge in [-0.15, -0.1) is 0 Å². The first-order valence-electron chi connectivity index (χ1n) is 11.2. The number of halogens is 3. The fraction of sp³-hybridized carbons (Fsp3) is 0.115. The Hall–Kier alpha value is -5.20. The van der Waals surface area contributed by atoms with Gasteiger partial charge in [0.1, 0.15) is 23.7 Å². The summed E-state index contributed by atoms with van der Waals surface area (Å²) in [5, 5.41) is 13.6. The monoisotopic (exact) mass is 540 g/mol. The molecule has 0 amide bonds. The third kappa shape index (κ3) is 6.77. The second-order valence-corrected chi connectivity index (χ2v) is 7.87. The van der Waals surface area contributed by atoms with Crippen molar-refractivity contribution in [2.45, 2.75) is 12.8 Å². The number of nitrogens with one attached hydrogen (secondary N) is 1. The first-order valence-corrected chi connectivity index (χ1v) is 11.2. The smallest absolute Gasteiger partial charge is 0.423 e. The maximum absolute atomic E-state index is 13.6. The highest BCUT2D eigenvalue weighted by molar-refractivity contribution is 5.91. The van der Waals surface area contributed by atoms with E-state index in [1.165, 1.54) is 25.3 Å². The fourth-order valence-corrected chi connectivity index (χ4v) is 3.29. The van der Waals surface area contributed by atoms with Crippen LogP contribution in [0.25, 0.3) is 0 Å². The van der Waals surface area contributed by atoms with E-state index in [0.29, 0.717) is 6.20 Å². The summed E-state index contributed by atoms with van der Waals surface area (Å²) in [6.07, 6.45) is -4.30. The lowest BCUT2D eigenvalue weighted by atomic mass is 10.2. The van der Waals surface area contributed by atoms with Crippen molar-refractivity contribution >= 4 is 23.3 Å². The van der Waals surface area contributed by atoms with Gasteiger partial charge in [0.25, 0.3) is 5.69 Å². The maximum Gasteiger partial charge on any atom is 0.423 e. The van der Waals surface area contributed by atoms with Crippen LogP contribution in [0, 0.1) is 10.1 Å². The van der Waals surface area contributed by atoms with E-state index in [9.17, 15) is 28.1 Å². The van der Waals surface area contributed by atoms with E-state index in [-0.39, 0.29) is 41.0 Å². The number of aromatic nitrogens is 2. The van der Waals surface area contributed by atoms with Gasteiger partial charge in [0, 0.05) is 18.3 Å². The van der Waals surface area contributed by atoms with Gasteiger partial charge in [0.05, 0.1) is 23.3 Å². The van der Waals surface area contributed by atoms with E-state index in [1.807, 2.05) is 30.3 Å². The number of non-ortho nitro benzene ring substituents is 1. The van der Waals surface area contributed by atoms with Crippen molar-refractivity contribution in [1.29, 1.82) is 0 Å². The molecule has 1 aromatic heterocycles. The van der Waals surface area contributed by atoms with E-state index in [1.54, 1.807) is 0 Å². The van der Waals surface area contributed by atoms with Gasteiger partial charge in [-0.3, -0.25) is 10.1 Å². The van der Waals surface area contributed by atoms with E-state index in [2.05, 4.69) is 15.3 Å². The topological polar surface area (TPSA) is 126 Å². The SMILES string of the molecule is COc1cc(C(=O)OCc2ccccc2)ccc1Nc1ncc(C(F)(F)F)c(Oc2ccc([N+](=O)[O-])cc2)n1. The zero-order chi connectivity index (χ0) is 28.0. The number of ether oxygens (including phenoxy) is 3. The molecule has 0 fully saturated rings. The summed E-state index contributed by atoms with van der Waals surface area (Å²) in [5.41, 5.74) is -0.276. The normalized spacial score (nSPS) is 11.0. The van der Waals surface area contributed by atoms with Crippen LogP contribution in [0.15, 0.2) is 79.0 Å². The molecule has 0 spiro atoms. The fourth-order valence-electron chi connectivity index (χ4n) is 3.29. The number of rotatable bonds is 9. The van der Waals surface area contributed by atoms with Gasteiger partial charge >= 0.3 is 12.1 Å². The van der Waals surface area contributed by atoms with Crippen molar-refractivity contribution in [3.8, 4) is 17.4 Å². The molecule has 0 saturated carbocycles. The number of hydrogen-bond acceptors (Lipinski definition) is 9. The number of alkyl halides is 3. The summed E-state index contributed by atoms with van der Waals surface area (Å²) < 4.78 is 56.6. The Balaban J connectivity index is 1.55. The molecule has 200 valence electrons. The molecule has 0 saturated heterocycles. The second kappa shape index (κ2) is 11.5. The van der Waals surface area contributed by atoms with Crippen LogP contribution >= 0.6 is 0 Å². The molecule has 13 heteroatoms. The first kappa shape index (κ1) is 26.9. The number of methoxy groups -OCH3 is 1. The van der Waals surface area contributed by atoms with Gasteiger partial charge in [-0.2, -0.15) is 18.2 Å². The number of nitro groups is 1. The molecule has 0 aliphatic carbocycles. The minimum Gasteiger partial charge on any atom is -0.495 e. The molecule has 4 aromatic rings. The zero-order valence-electron chi connectivity index (χ0n) is 20.1. The van der Waals surface area contributed by atoms with Gasteiger partial charge in [0.2, 0.25) is 11.8 Å². The summed E-state index contributed by atoms with van der Waals surface area (Å²) >= 11 is 0. The van der Waals surface area contributed by atoms with Crippen molar-refractivity contribution in [3.63, 3.8) is 0 Å². The van der Waals surface area contributed by atoms with E-state index >= 15 is 0 Å². The molecule has 10 nitrogen and oxygen atoms in total. The summed E-state index contributed by atoms with van der Waals surface area (Å²) in [5.74, 6) is -1.63. The van der Waals surface area contributed by atoms with Crippen molar-refractivity contribution in [3.05, 3.63) is 106 Å². The molecule has 0 aliphatic rings. The number of nitrogens with zero attached hydrogens (tertiary/aromatic N) is 3. The minimum absolute atomic E-state index is 0.0684. The van der Waals surface area contributed by atoms with Crippen LogP contribution in [0.3, 0.4) is 0 Å². The molecular weight excluding hydrogens is 521 g/mol. The van der Waals surface area contributed by atoms with Crippen LogP contribution in [-0.4, -0.2) is 28.0 Å². The summed E-state index contributed by atoms with van der Waals surface area (Å²) in [6.45, 7) is 0.0684. The Morgan fingerprint density at radius 1 is 1.05 bits per heavy atom. The number of benzene rings is 3. The summed E-state index contributed by atoms with van der Waals surface area (Å²) in [6, 6.07) is 17.8. The number of carbonyl (C=O) groups excluding carboxylic acids is 1. The summed E-state index contributed by atoms with van der Waals surface area (Å²) in [4.78, 5) is 30.2. The highest BCUT2D eigenvalue weighted by atomic mass is 19.4. The van der Waals surface area contributed by atoms with Crippen LogP contribution < -0.4 is 14.8 Å². The Morgan fingerprint density at radius 3 is 2.41 bits per heavy atom. The van der Waals surface area contributed by atoms with Crippen LogP contribution in [0.5, 0.6) is 17.4 Å². The third-order valence-electron chi connectivity index (χ3n) is 5.22. The van der Waals surface area contributed by atoms with E-state index in [4.69, 9.17) is 14.2 Å². The summed E-state index contributed by atoms with van der Waals surface area (Å²) in [7, 11) is 1.34. The van der Waals surface area contributed by atoms with Crippen molar-refractivity contribution in [2.24, 2.45) is 0 Å². The molecule has 39 heavy (non-hydrogen) atoms. The van der Waals surface area contributed by atoms with Crippen LogP contribution in [0.1, 0.15) is 21.5 Å². The van der Waals surface area contributed by atoms with Crippen molar-refractivity contribution in [2.75, 3.05) is 12.4 Å². The third-order valence-corrected chi connectivity index (χ3v) is 5.22. The van der Waals surface area contributed by atoms with Crippen LogP contribution in [-0.2, 0) is 17.5 Å². The lowest BCUT2D eigenvalue weighted by Gasteiger charge is -2.15. The van der Waals surface area contributed by atoms with Gasteiger partial charge < -0.3 is 19.5 Å². The Morgan fingerprint density at radius 2 is 1.77 bits per heavy atom. The first-order chi connectivity index (χ1) is 18.6. The average molecular weight is 540 g/mol. The number of esters is 1. The molecule has 1 heterocycles. The molecule has 1 N–H and O–H groups in total. The maximum atomic E-state index is 13.6. The van der Waals surface area contributed by atoms with Gasteiger partial charge in [-0.05, 0) is 35.9 Å². The Kier molecular flexibility index (Phi) is 7.89. The minimum atomic E-state index is -4.84. The quantitative estimate of drug-likeness (QED) is 0.148. The lowest BCUT2D eigenvalue weighted by molar-refractivity contribution is -0.384.